The molecule has 2 rings (SSSR count). The average Bonchev–Trinajstić information content (AvgIpc) is 2.85. The van der Waals surface area contributed by atoms with E-state index >= 15 is 0 Å². The first kappa shape index (κ1) is 11.6. The first-order chi connectivity index (χ1) is 7.65. The van der Waals surface area contributed by atoms with Crippen LogP contribution in [-0.2, 0) is 0 Å². The molecule has 4 heteroatoms. The summed E-state index contributed by atoms with van der Waals surface area (Å²) in [4.78, 5) is 4.08. The Balaban J connectivity index is 2.05. The molecule has 0 aliphatic heterocycles. The standard InChI is InChI=1S/C12H21N3O/c1-10(2)14-12(8-16)4-3-11(7-12)15-6-5-13-9-15/h5-6,9-11,14,16H,3-4,7-8H2,1-2H3. The van der Waals surface area contributed by atoms with E-state index in [1.54, 1.807) is 0 Å². The van der Waals surface area contributed by atoms with Gasteiger partial charge in [-0.3, -0.25) is 0 Å². The van der Waals surface area contributed by atoms with E-state index in [1.165, 1.54) is 0 Å². The Kier molecular flexibility index (Phi) is 3.30. The van der Waals surface area contributed by atoms with Gasteiger partial charge in [0, 0.05) is 30.0 Å². The minimum absolute atomic E-state index is 0.0941. The number of nitrogens with one attached hydrogen (secondary N) is 1. The molecule has 1 fully saturated rings. The highest BCUT2D eigenvalue weighted by Gasteiger charge is 2.39. The number of aliphatic hydroxyl groups is 1. The zero-order valence-corrected chi connectivity index (χ0v) is 10.1. The number of aromatic nitrogens is 2. The Hall–Kier alpha value is -0.870. The molecule has 0 bridgehead atoms. The molecule has 2 N–H and O–H groups in total. The van der Waals surface area contributed by atoms with Crippen LogP contribution < -0.4 is 5.32 Å². The van der Waals surface area contributed by atoms with Crippen LogP contribution in [0.3, 0.4) is 0 Å². The summed E-state index contributed by atoms with van der Waals surface area (Å²) in [5.41, 5.74) is -0.0941. The van der Waals surface area contributed by atoms with Gasteiger partial charge >= 0.3 is 0 Å². The first-order valence-corrected chi connectivity index (χ1v) is 6.01. The molecule has 2 atom stereocenters. The Labute approximate surface area is 96.7 Å². The minimum atomic E-state index is -0.0941. The molecule has 90 valence electrons. The second-order valence-electron chi connectivity index (χ2n) is 5.14. The van der Waals surface area contributed by atoms with Crippen LogP contribution in [0.4, 0.5) is 0 Å². The van der Waals surface area contributed by atoms with Gasteiger partial charge in [-0.2, -0.15) is 0 Å². The van der Waals surface area contributed by atoms with Crippen molar-refractivity contribution in [2.24, 2.45) is 0 Å². The van der Waals surface area contributed by atoms with E-state index in [2.05, 4.69) is 28.7 Å². The Morgan fingerprint density at radius 2 is 2.44 bits per heavy atom. The molecule has 1 heterocycles. The Bertz CT molecular complexity index is 323. The van der Waals surface area contributed by atoms with Crippen molar-refractivity contribution < 1.29 is 5.11 Å². The molecule has 1 aromatic heterocycles. The molecular weight excluding hydrogens is 202 g/mol. The molecule has 1 aliphatic carbocycles. The minimum Gasteiger partial charge on any atom is -0.394 e. The molecule has 1 aliphatic rings. The van der Waals surface area contributed by atoms with Crippen molar-refractivity contribution in [1.29, 1.82) is 0 Å². The fourth-order valence-corrected chi connectivity index (χ4v) is 2.77. The van der Waals surface area contributed by atoms with Crippen LogP contribution in [0.25, 0.3) is 0 Å². The molecule has 2 unspecified atom stereocenters. The number of nitrogens with zero attached hydrogens (tertiary/aromatic N) is 2. The molecule has 16 heavy (non-hydrogen) atoms. The molecule has 4 nitrogen and oxygen atoms in total. The topological polar surface area (TPSA) is 50.1 Å². The van der Waals surface area contributed by atoms with Crippen LogP contribution in [0, 0.1) is 0 Å². The summed E-state index contributed by atoms with van der Waals surface area (Å²) >= 11 is 0. The van der Waals surface area contributed by atoms with E-state index in [4.69, 9.17) is 0 Å². The van der Waals surface area contributed by atoms with Gasteiger partial charge in [-0.1, -0.05) is 13.8 Å². The number of hydrogen-bond donors (Lipinski definition) is 2. The predicted molar refractivity (Wildman–Crippen MR) is 63.2 cm³/mol. The van der Waals surface area contributed by atoms with Gasteiger partial charge in [-0.25, -0.2) is 4.98 Å². The second-order valence-corrected chi connectivity index (χ2v) is 5.14. The molecule has 0 spiro atoms. The lowest BCUT2D eigenvalue weighted by atomic mass is 9.97. The smallest absolute Gasteiger partial charge is 0.0948 e. The van der Waals surface area contributed by atoms with Gasteiger partial charge in [0.25, 0.3) is 0 Å². The molecule has 0 aromatic carbocycles. The van der Waals surface area contributed by atoms with Gasteiger partial charge in [0.1, 0.15) is 0 Å². The molecule has 0 radical (unpaired) electrons. The molecule has 0 amide bonds. The van der Waals surface area contributed by atoms with E-state index < -0.39 is 0 Å². The van der Waals surface area contributed by atoms with Crippen molar-refractivity contribution in [2.75, 3.05) is 6.61 Å². The van der Waals surface area contributed by atoms with Gasteiger partial charge in [-0.05, 0) is 19.3 Å². The quantitative estimate of drug-likeness (QED) is 0.810. The lowest BCUT2D eigenvalue weighted by Gasteiger charge is -2.31. The zero-order chi connectivity index (χ0) is 11.6. The normalized spacial score (nSPS) is 30.1. The van der Waals surface area contributed by atoms with Crippen LogP contribution in [-0.4, -0.2) is 32.8 Å². The molecule has 1 aromatic rings. The number of hydrogen-bond acceptors (Lipinski definition) is 3. The fraction of sp³-hybridized carbons (Fsp3) is 0.750. The maximum absolute atomic E-state index is 9.59. The van der Waals surface area contributed by atoms with E-state index in [0.29, 0.717) is 12.1 Å². The van der Waals surface area contributed by atoms with Gasteiger partial charge in [-0.15, -0.1) is 0 Å². The van der Waals surface area contributed by atoms with Crippen LogP contribution in [0.2, 0.25) is 0 Å². The number of rotatable bonds is 4. The third kappa shape index (κ3) is 2.28. The summed E-state index contributed by atoms with van der Waals surface area (Å²) in [5, 5.41) is 13.1. The third-order valence-corrected chi connectivity index (χ3v) is 3.43. The van der Waals surface area contributed by atoms with Gasteiger partial charge in [0.05, 0.1) is 12.9 Å². The summed E-state index contributed by atoms with van der Waals surface area (Å²) in [7, 11) is 0. The maximum atomic E-state index is 9.59. The van der Waals surface area contributed by atoms with Crippen molar-refractivity contribution in [3.05, 3.63) is 18.7 Å². The van der Waals surface area contributed by atoms with Crippen LogP contribution in [0.15, 0.2) is 18.7 Å². The van der Waals surface area contributed by atoms with E-state index in [9.17, 15) is 5.11 Å². The number of imidazole rings is 1. The van der Waals surface area contributed by atoms with Crippen LogP contribution in [0.5, 0.6) is 0 Å². The average molecular weight is 223 g/mol. The van der Waals surface area contributed by atoms with Crippen molar-refractivity contribution in [2.45, 2.75) is 50.7 Å². The number of aliphatic hydroxyl groups excluding tert-OH is 1. The highest BCUT2D eigenvalue weighted by atomic mass is 16.3. The summed E-state index contributed by atoms with van der Waals surface area (Å²) in [6, 6.07) is 0.884. The van der Waals surface area contributed by atoms with Gasteiger partial charge in [0.2, 0.25) is 0 Å². The Morgan fingerprint density at radius 3 is 3.00 bits per heavy atom. The zero-order valence-electron chi connectivity index (χ0n) is 10.1. The van der Waals surface area contributed by atoms with Crippen molar-refractivity contribution in [1.82, 2.24) is 14.9 Å². The lowest BCUT2D eigenvalue weighted by Crippen LogP contribution is -2.49. The molecule has 1 saturated carbocycles. The predicted octanol–water partition coefficient (Wildman–Crippen LogP) is 1.34. The summed E-state index contributed by atoms with van der Waals surface area (Å²) < 4.78 is 2.15. The summed E-state index contributed by atoms with van der Waals surface area (Å²) in [6.45, 7) is 4.47. The van der Waals surface area contributed by atoms with Gasteiger partial charge in [0.15, 0.2) is 0 Å². The SMILES string of the molecule is CC(C)NC1(CO)CCC(n2ccnc2)C1. The van der Waals surface area contributed by atoms with Crippen molar-refractivity contribution in [3.8, 4) is 0 Å². The highest BCUT2D eigenvalue weighted by Crippen LogP contribution is 2.37. The van der Waals surface area contributed by atoms with E-state index in [1.807, 2.05) is 18.7 Å². The fourth-order valence-electron chi connectivity index (χ4n) is 2.77. The van der Waals surface area contributed by atoms with Gasteiger partial charge < -0.3 is 15.0 Å². The van der Waals surface area contributed by atoms with Crippen LogP contribution in [0.1, 0.15) is 39.2 Å². The van der Waals surface area contributed by atoms with E-state index in [0.717, 1.165) is 19.3 Å². The largest absolute Gasteiger partial charge is 0.394 e. The summed E-state index contributed by atoms with van der Waals surface area (Å²) in [5.74, 6) is 0. The Morgan fingerprint density at radius 1 is 1.62 bits per heavy atom. The van der Waals surface area contributed by atoms with Crippen molar-refractivity contribution >= 4 is 0 Å². The highest BCUT2D eigenvalue weighted by molar-refractivity contribution is 5.00. The molecular formula is C12H21N3O. The van der Waals surface area contributed by atoms with E-state index in [-0.39, 0.29) is 12.1 Å². The maximum Gasteiger partial charge on any atom is 0.0948 e. The van der Waals surface area contributed by atoms with Crippen molar-refractivity contribution in [3.63, 3.8) is 0 Å². The van der Waals surface area contributed by atoms with Crippen LogP contribution >= 0.6 is 0 Å². The third-order valence-electron chi connectivity index (χ3n) is 3.43. The lowest BCUT2D eigenvalue weighted by molar-refractivity contribution is 0.151. The summed E-state index contributed by atoms with van der Waals surface area (Å²) in [6.07, 6.45) is 8.81. The first-order valence-electron chi connectivity index (χ1n) is 6.01. The monoisotopic (exact) mass is 223 g/mol. The molecule has 0 saturated heterocycles. The second kappa shape index (κ2) is 4.55.